The smallest absolute Gasteiger partial charge is 0.253 e. The van der Waals surface area contributed by atoms with Crippen molar-refractivity contribution in [3.05, 3.63) is 58.6 Å². The fraction of sp³-hybridized carbons (Fsp3) is 0.263. The number of rotatable bonds is 4. The Balaban J connectivity index is 2.01. The van der Waals surface area contributed by atoms with Crippen LogP contribution in [0.15, 0.2) is 42.5 Å². The highest BCUT2D eigenvalue weighted by Gasteiger charge is 2.17. The summed E-state index contributed by atoms with van der Waals surface area (Å²) in [6.45, 7) is 5.88. The maximum Gasteiger partial charge on any atom is 0.253 e. The van der Waals surface area contributed by atoms with Gasteiger partial charge in [-0.2, -0.15) is 0 Å². The summed E-state index contributed by atoms with van der Waals surface area (Å²) in [6, 6.07) is 11.7. The number of anilines is 1. The van der Waals surface area contributed by atoms with Gasteiger partial charge in [0.1, 0.15) is 5.75 Å². The summed E-state index contributed by atoms with van der Waals surface area (Å²) in [7, 11) is 0. The summed E-state index contributed by atoms with van der Waals surface area (Å²) >= 11 is 5.95. The lowest BCUT2D eigenvalue weighted by molar-refractivity contribution is -0.115. The van der Waals surface area contributed by atoms with E-state index in [2.05, 4.69) is 10.6 Å². The average molecular weight is 361 g/mol. The van der Waals surface area contributed by atoms with E-state index in [1.165, 1.54) is 0 Å². The lowest BCUT2D eigenvalue weighted by Gasteiger charge is -2.20. The second-order valence-electron chi connectivity index (χ2n) is 6.69. The van der Waals surface area contributed by atoms with Crippen molar-refractivity contribution >= 4 is 29.1 Å². The van der Waals surface area contributed by atoms with Crippen molar-refractivity contribution in [3.8, 4) is 5.75 Å². The van der Waals surface area contributed by atoms with Crippen LogP contribution >= 0.6 is 11.6 Å². The number of carbonyl (C=O) groups is 2. The number of benzene rings is 2. The van der Waals surface area contributed by atoms with Crippen molar-refractivity contribution in [2.24, 2.45) is 0 Å². The molecular weight excluding hydrogens is 340 g/mol. The van der Waals surface area contributed by atoms with Gasteiger partial charge in [0.25, 0.3) is 5.91 Å². The lowest BCUT2D eigenvalue weighted by atomic mass is 9.87. The SMILES string of the molecule is CC(C)(C)c1ccc(O)c(NC(=O)CNC(=O)c2ccccc2Cl)c1. The van der Waals surface area contributed by atoms with Crippen LogP contribution in [0.3, 0.4) is 0 Å². The van der Waals surface area contributed by atoms with Gasteiger partial charge in [0.2, 0.25) is 5.91 Å². The van der Waals surface area contributed by atoms with E-state index in [9.17, 15) is 14.7 Å². The van der Waals surface area contributed by atoms with E-state index in [1.807, 2.05) is 26.8 Å². The van der Waals surface area contributed by atoms with Crippen LogP contribution < -0.4 is 10.6 Å². The summed E-state index contributed by atoms with van der Waals surface area (Å²) in [6.07, 6.45) is 0. The number of hydrogen-bond donors (Lipinski definition) is 3. The van der Waals surface area contributed by atoms with Crippen LogP contribution in [-0.4, -0.2) is 23.5 Å². The minimum absolute atomic E-state index is 0.0289. The zero-order valence-corrected chi connectivity index (χ0v) is 15.1. The fourth-order valence-corrected chi connectivity index (χ4v) is 2.42. The zero-order valence-electron chi connectivity index (χ0n) is 14.4. The van der Waals surface area contributed by atoms with Crippen LogP contribution in [0.5, 0.6) is 5.75 Å². The maximum absolute atomic E-state index is 12.1. The Hall–Kier alpha value is -2.53. The van der Waals surface area contributed by atoms with Gasteiger partial charge in [-0.05, 0) is 35.2 Å². The van der Waals surface area contributed by atoms with Crippen molar-refractivity contribution in [2.75, 3.05) is 11.9 Å². The minimum Gasteiger partial charge on any atom is -0.506 e. The number of phenols is 1. The molecule has 0 saturated heterocycles. The number of aromatic hydroxyl groups is 1. The first-order valence-electron chi connectivity index (χ1n) is 7.84. The van der Waals surface area contributed by atoms with Gasteiger partial charge in [-0.15, -0.1) is 0 Å². The Labute approximate surface area is 152 Å². The fourth-order valence-electron chi connectivity index (χ4n) is 2.20. The van der Waals surface area contributed by atoms with Gasteiger partial charge in [0, 0.05) is 0 Å². The Morgan fingerprint density at radius 1 is 1.12 bits per heavy atom. The van der Waals surface area contributed by atoms with Crippen molar-refractivity contribution in [1.29, 1.82) is 0 Å². The number of nitrogens with one attached hydrogen (secondary N) is 2. The summed E-state index contributed by atoms with van der Waals surface area (Å²) in [5.41, 5.74) is 1.46. The van der Waals surface area contributed by atoms with E-state index >= 15 is 0 Å². The Kier molecular flexibility index (Phi) is 5.69. The molecule has 0 aliphatic rings. The van der Waals surface area contributed by atoms with Crippen LogP contribution in [0.1, 0.15) is 36.7 Å². The average Bonchev–Trinajstić information content (AvgIpc) is 2.54. The highest BCUT2D eigenvalue weighted by Crippen LogP contribution is 2.30. The molecule has 0 unspecified atom stereocenters. The molecule has 2 aromatic carbocycles. The molecule has 0 fully saturated rings. The van der Waals surface area contributed by atoms with E-state index in [1.54, 1.807) is 36.4 Å². The van der Waals surface area contributed by atoms with E-state index in [-0.39, 0.29) is 17.7 Å². The number of halogens is 1. The largest absolute Gasteiger partial charge is 0.506 e. The maximum atomic E-state index is 12.1. The normalized spacial score (nSPS) is 11.0. The second kappa shape index (κ2) is 7.57. The van der Waals surface area contributed by atoms with E-state index in [0.717, 1.165) is 5.56 Å². The molecule has 0 aliphatic carbocycles. The van der Waals surface area contributed by atoms with Gasteiger partial charge < -0.3 is 15.7 Å². The molecule has 3 N–H and O–H groups in total. The number of amides is 2. The van der Waals surface area contributed by atoms with Gasteiger partial charge in [-0.3, -0.25) is 9.59 Å². The number of hydrogen-bond acceptors (Lipinski definition) is 3. The molecule has 0 spiro atoms. The third kappa shape index (κ3) is 4.97. The topological polar surface area (TPSA) is 78.4 Å². The summed E-state index contributed by atoms with van der Waals surface area (Å²) < 4.78 is 0. The van der Waals surface area contributed by atoms with Gasteiger partial charge in [0.05, 0.1) is 22.8 Å². The summed E-state index contributed by atoms with van der Waals surface area (Å²) in [5.74, 6) is -0.908. The highest BCUT2D eigenvalue weighted by molar-refractivity contribution is 6.33. The van der Waals surface area contributed by atoms with Crippen LogP contribution in [0.2, 0.25) is 5.02 Å². The molecule has 0 bridgehead atoms. The van der Waals surface area contributed by atoms with Crippen LogP contribution in [0, 0.1) is 0 Å². The lowest BCUT2D eigenvalue weighted by Crippen LogP contribution is -2.33. The molecule has 0 atom stereocenters. The predicted molar refractivity (Wildman–Crippen MR) is 99.2 cm³/mol. The van der Waals surface area contributed by atoms with E-state index < -0.39 is 11.8 Å². The molecule has 132 valence electrons. The molecule has 5 nitrogen and oxygen atoms in total. The summed E-state index contributed by atoms with van der Waals surface area (Å²) in [4.78, 5) is 24.1. The monoisotopic (exact) mass is 360 g/mol. The molecule has 6 heteroatoms. The minimum atomic E-state index is -0.443. The first kappa shape index (κ1) is 18.8. The molecule has 0 radical (unpaired) electrons. The third-order valence-corrected chi connectivity index (χ3v) is 3.99. The predicted octanol–water partition coefficient (Wildman–Crippen LogP) is 3.71. The molecule has 0 aliphatic heterocycles. The molecule has 0 heterocycles. The second-order valence-corrected chi connectivity index (χ2v) is 7.10. The molecule has 0 saturated carbocycles. The van der Waals surface area contributed by atoms with Gasteiger partial charge >= 0.3 is 0 Å². The van der Waals surface area contributed by atoms with Gasteiger partial charge in [0.15, 0.2) is 0 Å². The molecule has 25 heavy (non-hydrogen) atoms. The summed E-state index contributed by atoms with van der Waals surface area (Å²) in [5, 5.41) is 15.4. The molecule has 2 rings (SSSR count). The first-order chi connectivity index (χ1) is 11.7. The molecule has 2 amide bonds. The standard InChI is InChI=1S/C19H21ClN2O3/c1-19(2,3)12-8-9-16(23)15(10-12)22-17(24)11-21-18(25)13-6-4-5-7-14(13)20/h4-10,23H,11H2,1-3H3,(H,21,25)(H,22,24). The number of carbonyl (C=O) groups excluding carboxylic acids is 2. The van der Waals surface area contributed by atoms with Crippen LogP contribution in [0.4, 0.5) is 5.69 Å². The van der Waals surface area contributed by atoms with Crippen molar-refractivity contribution in [1.82, 2.24) is 5.32 Å². The van der Waals surface area contributed by atoms with Gasteiger partial charge in [-0.1, -0.05) is 50.6 Å². The molecular formula is C19H21ClN2O3. The number of phenolic OH excluding ortho intramolecular Hbond substituents is 1. The first-order valence-corrected chi connectivity index (χ1v) is 8.22. The van der Waals surface area contributed by atoms with Crippen LogP contribution in [-0.2, 0) is 10.2 Å². The molecule has 0 aromatic heterocycles. The third-order valence-electron chi connectivity index (χ3n) is 3.66. The molecule has 2 aromatic rings. The van der Waals surface area contributed by atoms with Crippen molar-refractivity contribution in [2.45, 2.75) is 26.2 Å². The Morgan fingerprint density at radius 2 is 1.80 bits per heavy atom. The van der Waals surface area contributed by atoms with Gasteiger partial charge in [-0.25, -0.2) is 0 Å². The van der Waals surface area contributed by atoms with Crippen molar-refractivity contribution < 1.29 is 14.7 Å². The van der Waals surface area contributed by atoms with Crippen molar-refractivity contribution in [3.63, 3.8) is 0 Å². The van der Waals surface area contributed by atoms with E-state index in [4.69, 9.17) is 11.6 Å². The van der Waals surface area contributed by atoms with Crippen LogP contribution in [0.25, 0.3) is 0 Å². The highest BCUT2D eigenvalue weighted by atomic mass is 35.5. The Morgan fingerprint density at radius 3 is 2.44 bits per heavy atom. The zero-order chi connectivity index (χ0) is 18.6. The van der Waals surface area contributed by atoms with E-state index in [0.29, 0.717) is 16.3 Å². The Bertz CT molecular complexity index is 797. The quantitative estimate of drug-likeness (QED) is 0.727.